The van der Waals surface area contributed by atoms with E-state index in [0.717, 1.165) is 11.4 Å². The van der Waals surface area contributed by atoms with Crippen LogP contribution in [0.15, 0.2) is 6.07 Å². The van der Waals surface area contributed by atoms with Gasteiger partial charge in [0, 0.05) is 25.3 Å². The number of aryl methyl sites for hydroxylation is 2. The average molecular weight is 294 g/mol. The lowest BCUT2D eigenvalue weighted by Gasteiger charge is -2.34. The molecule has 1 saturated heterocycles. The second-order valence-electron chi connectivity index (χ2n) is 5.14. The lowest BCUT2D eigenvalue weighted by molar-refractivity contribution is -0.156. The maximum absolute atomic E-state index is 12.5. The molecule has 0 radical (unpaired) electrons. The van der Waals surface area contributed by atoms with E-state index < -0.39 is 6.04 Å². The maximum atomic E-state index is 12.5. The molecule has 7 nitrogen and oxygen atoms in total. The number of nitrogens with one attached hydrogen (secondary N) is 1. The monoisotopic (exact) mass is 294 g/mol. The second-order valence-corrected chi connectivity index (χ2v) is 5.14. The summed E-state index contributed by atoms with van der Waals surface area (Å²) in [5.41, 5.74) is 1.81. The van der Waals surface area contributed by atoms with Crippen LogP contribution in [0.5, 0.6) is 0 Å². The normalized spacial score (nSPS) is 18.6. The molecule has 1 aliphatic heterocycles. The lowest BCUT2D eigenvalue weighted by Crippen LogP contribution is -2.58. The van der Waals surface area contributed by atoms with Gasteiger partial charge in [-0.15, -0.1) is 0 Å². The quantitative estimate of drug-likeness (QED) is 0.782. The first kappa shape index (κ1) is 15.5. The van der Waals surface area contributed by atoms with E-state index in [2.05, 4.69) is 10.4 Å². The molecule has 0 saturated carbocycles. The standard InChI is InChI=1S/C14H22N4O3/c1-4-21-14(20)12-8-15-5-6-17(12)13(19)9-18-11(3)7-10(2)16-18/h7,12,15H,4-6,8-9H2,1-3H3. The Kier molecular flexibility index (Phi) is 4.95. The zero-order valence-electron chi connectivity index (χ0n) is 12.8. The molecular formula is C14H22N4O3. The van der Waals surface area contributed by atoms with Crippen molar-refractivity contribution in [3.8, 4) is 0 Å². The van der Waals surface area contributed by atoms with Gasteiger partial charge in [-0.3, -0.25) is 9.48 Å². The molecule has 116 valence electrons. The minimum Gasteiger partial charge on any atom is -0.464 e. The number of carbonyl (C=O) groups excluding carboxylic acids is 2. The molecule has 1 fully saturated rings. The SMILES string of the molecule is CCOC(=O)C1CNCCN1C(=O)Cn1nc(C)cc1C. The minimum atomic E-state index is -0.553. The summed E-state index contributed by atoms with van der Waals surface area (Å²) in [6.45, 7) is 7.64. The van der Waals surface area contributed by atoms with Crippen molar-refractivity contribution in [1.82, 2.24) is 20.0 Å². The summed E-state index contributed by atoms with van der Waals surface area (Å²) in [6, 6.07) is 1.37. The third-order valence-electron chi connectivity index (χ3n) is 3.51. The van der Waals surface area contributed by atoms with Crippen molar-refractivity contribution < 1.29 is 14.3 Å². The minimum absolute atomic E-state index is 0.110. The molecule has 0 aromatic carbocycles. The fraction of sp³-hybridized carbons (Fsp3) is 0.643. The van der Waals surface area contributed by atoms with Crippen molar-refractivity contribution in [2.75, 3.05) is 26.2 Å². The van der Waals surface area contributed by atoms with Gasteiger partial charge in [0.25, 0.3) is 0 Å². The average Bonchev–Trinajstić information content (AvgIpc) is 2.77. The van der Waals surface area contributed by atoms with Crippen LogP contribution in [-0.4, -0.2) is 58.8 Å². The van der Waals surface area contributed by atoms with Crippen LogP contribution in [0.2, 0.25) is 0 Å². The van der Waals surface area contributed by atoms with Crippen molar-refractivity contribution in [3.63, 3.8) is 0 Å². The molecule has 7 heteroatoms. The van der Waals surface area contributed by atoms with E-state index in [1.54, 1.807) is 16.5 Å². The molecule has 1 unspecified atom stereocenters. The highest BCUT2D eigenvalue weighted by molar-refractivity contribution is 5.85. The molecule has 1 amide bonds. The Morgan fingerprint density at radius 2 is 2.24 bits per heavy atom. The lowest BCUT2D eigenvalue weighted by atomic mass is 10.2. The van der Waals surface area contributed by atoms with Crippen molar-refractivity contribution in [3.05, 3.63) is 17.5 Å². The Bertz CT molecular complexity index is 526. The van der Waals surface area contributed by atoms with E-state index in [1.807, 2.05) is 19.9 Å². The van der Waals surface area contributed by atoms with Gasteiger partial charge in [-0.2, -0.15) is 5.10 Å². The predicted molar refractivity (Wildman–Crippen MR) is 76.7 cm³/mol. The van der Waals surface area contributed by atoms with Crippen LogP contribution in [0.1, 0.15) is 18.3 Å². The molecule has 1 N–H and O–H groups in total. The first-order chi connectivity index (χ1) is 10.0. The number of nitrogens with zero attached hydrogens (tertiary/aromatic N) is 3. The highest BCUT2D eigenvalue weighted by atomic mass is 16.5. The van der Waals surface area contributed by atoms with Gasteiger partial charge in [-0.25, -0.2) is 4.79 Å². The van der Waals surface area contributed by atoms with Crippen molar-refractivity contribution in [2.24, 2.45) is 0 Å². The molecule has 1 aromatic rings. The number of piperazine rings is 1. The van der Waals surface area contributed by atoms with Crippen LogP contribution < -0.4 is 5.32 Å². The Labute approximate surface area is 124 Å². The molecule has 1 aromatic heterocycles. The van der Waals surface area contributed by atoms with E-state index in [-0.39, 0.29) is 18.4 Å². The summed E-state index contributed by atoms with van der Waals surface area (Å²) in [5.74, 6) is -0.466. The van der Waals surface area contributed by atoms with Crippen LogP contribution in [0.3, 0.4) is 0 Å². The number of hydrogen-bond donors (Lipinski definition) is 1. The highest BCUT2D eigenvalue weighted by Crippen LogP contribution is 2.09. The van der Waals surface area contributed by atoms with E-state index in [1.165, 1.54) is 0 Å². The van der Waals surface area contributed by atoms with Gasteiger partial charge in [-0.05, 0) is 26.8 Å². The van der Waals surface area contributed by atoms with E-state index >= 15 is 0 Å². The topological polar surface area (TPSA) is 76.5 Å². The first-order valence-corrected chi connectivity index (χ1v) is 7.20. The van der Waals surface area contributed by atoms with Gasteiger partial charge in [0.05, 0.1) is 12.3 Å². The van der Waals surface area contributed by atoms with Crippen molar-refractivity contribution in [2.45, 2.75) is 33.4 Å². The molecule has 1 atom stereocenters. The Balaban J connectivity index is 2.08. The maximum Gasteiger partial charge on any atom is 0.330 e. The third kappa shape index (κ3) is 3.60. The predicted octanol–water partition coefficient (Wildman–Crippen LogP) is -0.137. The molecule has 21 heavy (non-hydrogen) atoms. The van der Waals surface area contributed by atoms with Gasteiger partial charge in [0.1, 0.15) is 12.6 Å². The molecule has 0 aliphatic carbocycles. The number of hydrogen-bond acceptors (Lipinski definition) is 5. The van der Waals surface area contributed by atoms with Crippen LogP contribution in [0, 0.1) is 13.8 Å². The fourth-order valence-electron chi connectivity index (χ4n) is 2.51. The summed E-state index contributed by atoms with van der Waals surface area (Å²) >= 11 is 0. The van der Waals surface area contributed by atoms with Gasteiger partial charge in [0.15, 0.2) is 0 Å². The van der Waals surface area contributed by atoms with Crippen LogP contribution in [0.4, 0.5) is 0 Å². The molecular weight excluding hydrogens is 272 g/mol. The van der Waals surface area contributed by atoms with Gasteiger partial charge in [0.2, 0.25) is 5.91 Å². The molecule has 2 heterocycles. The van der Waals surface area contributed by atoms with E-state index in [9.17, 15) is 9.59 Å². The zero-order chi connectivity index (χ0) is 15.4. The van der Waals surface area contributed by atoms with E-state index in [0.29, 0.717) is 26.2 Å². The van der Waals surface area contributed by atoms with Crippen LogP contribution >= 0.6 is 0 Å². The Morgan fingerprint density at radius 3 is 2.86 bits per heavy atom. The van der Waals surface area contributed by atoms with Gasteiger partial charge < -0.3 is 15.0 Å². The smallest absolute Gasteiger partial charge is 0.330 e. The highest BCUT2D eigenvalue weighted by Gasteiger charge is 2.33. The number of aromatic nitrogens is 2. The zero-order valence-corrected chi connectivity index (χ0v) is 12.8. The summed E-state index contributed by atoms with van der Waals surface area (Å²) in [5, 5.41) is 7.41. The van der Waals surface area contributed by atoms with Crippen molar-refractivity contribution in [1.29, 1.82) is 0 Å². The Morgan fingerprint density at radius 1 is 1.48 bits per heavy atom. The number of esters is 1. The summed E-state index contributed by atoms with van der Waals surface area (Å²) < 4.78 is 6.71. The number of ether oxygens (including phenoxy) is 1. The van der Waals surface area contributed by atoms with Crippen molar-refractivity contribution >= 4 is 11.9 Å². The van der Waals surface area contributed by atoms with Crippen LogP contribution in [0.25, 0.3) is 0 Å². The fourth-order valence-corrected chi connectivity index (χ4v) is 2.51. The molecule has 0 bridgehead atoms. The number of carbonyl (C=O) groups is 2. The largest absolute Gasteiger partial charge is 0.464 e. The second kappa shape index (κ2) is 6.71. The number of amides is 1. The first-order valence-electron chi connectivity index (χ1n) is 7.20. The third-order valence-corrected chi connectivity index (χ3v) is 3.51. The summed E-state index contributed by atoms with van der Waals surface area (Å²) in [7, 11) is 0. The number of rotatable bonds is 4. The molecule has 2 rings (SSSR count). The van der Waals surface area contributed by atoms with Crippen LogP contribution in [-0.2, 0) is 20.9 Å². The Hall–Kier alpha value is -1.89. The van der Waals surface area contributed by atoms with Gasteiger partial charge >= 0.3 is 5.97 Å². The molecule has 1 aliphatic rings. The van der Waals surface area contributed by atoms with Gasteiger partial charge in [-0.1, -0.05) is 0 Å². The van der Waals surface area contributed by atoms with E-state index in [4.69, 9.17) is 4.74 Å². The summed E-state index contributed by atoms with van der Waals surface area (Å²) in [4.78, 5) is 26.0. The summed E-state index contributed by atoms with van der Waals surface area (Å²) in [6.07, 6.45) is 0. The molecule has 0 spiro atoms.